The molecule has 0 aliphatic heterocycles. The van der Waals surface area contributed by atoms with Crippen LogP contribution in [0.1, 0.15) is 6.92 Å². The van der Waals surface area contributed by atoms with Gasteiger partial charge in [0, 0.05) is 11.8 Å². The van der Waals surface area contributed by atoms with Crippen molar-refractivity contribution in [2.45, 2.75) is 17.9 Å². The molecule has 0 spiro atoms. The topological polar surface area (TPSA) is 72.2 Å². The highest BCUT2D eigenvalue weighted by atomic mass is 35.5. The lowest BCUT2D eigenvalue weighted by atomic mass is 10.3. The molecule has 0 aliphatic carbocycles. The van der Waals surface area contributed by atoms with Crippen LogP contribution in [-0.2, 0) is 10.0 Å². The van der Waals surface area contributed by atoms with Crippen LogP contribution in [0.4, 0.5) is 5.69 Å². The zero-order valence-electron chi connectivity index (χ0n) is 9.91. The average molecular weight is 329 g/mol. The van der Waals surface area contributed by atoms with E-state index in [9.17, 15) is 8.42 Å². The molecule has 102 valence electrons. The molecule has 0 aromatic heterocycles. The largest absolute Gasteiger partial charge is 0.396 e. The Morgan fingerprint density at radius 1 is 1.44 bits per heavy atom. The summed E-state index contributed by atoms with van der Waals surface area (Å²) in [6.07, 6.45) is 1.90. The van der Waals surface area contributed by atoms with Crippen LogP contribution >= 0.6 is 35.0 Å². The minimum absolute atomic E-state index is 0.0497. The Kier molecular flexibility index (Phi) is 5.61. The quantitative estimate of drug-likeness (QED) is 0.815. The Labute approximate surface area is 121 Å². The molecule has 1 aromatic carbocycles. The van der Waals surface area contributed by atoms with Crippen molar-refractivity contribution >= 4 is 50.7 Å². The van der Waals surface area contributed by atoms with Crippen LogP contribution in [0.3, 0.4) is 0 Å². The number of anilines is 1. The standard InChI is InChI=1S/C10H14Cl2N2O2S2/c1-6(5-17-2)14-18(15,16)8-4-3-7(11)10(13)9(8)12/h3-4,6,14H,5,13H2,1-2H3. The van der Waals surface area contributed by atoms with Crippen LogP contribution in [0.5, 0.6) is 0 Å². The summed E-state index contributed by atoms with van der Waals surface area (Å²) in [5.41, 5.74) is 5.68. The highest BCUT2D eigenvalue weighted by molar-refractivity contribution is 7.98. The number of nitrogens with two attached hydrogens (primary N) is 1. The number of hydrogen-bond donors (Lipinski definition) is 2. The predicted octanol–water partition coefficient (Wildman–Crippen LogP) is 2.61. The SMILES string of the molecule is CSCC(C)NS(=O)(=O)c1ccc(Cl)c(N)c1Cl. The fourth-order valence-electron chi connectivity index (χ4n) is 1.37. The molecule has 0 saturated heterocycles. The Hall–Kier alpha value is -0.140. The van der Waals surface area contributed by atoms with Crippen LogP contribution in [0.25, 0.3) is 0 Å². The van der Waals surface area contributed by atoms with Gasteiger partial charge in [0.15, 0.2) is 0 Å². The van der Waals surface area contributed by atoms with Crippen LogP contribution < -0.4 is 10.5 Å². The Balaban J connectivity index is 3.10. The second-order valence-corrected chi connectivity index (χ2v) is 7.13. The van der Waals surface area contributed by atoms with Gasteiger partial charge < -0.3 is 5.73 Å². The molecule has 1 atom stereocenters. The first-order valence-corrected chi connectivity index (χ1v) is 8.67. The van der Waals surface area contributed by atoms with E-state index >= 15 is 0 Å². The van der Waals surface area contributed by atoms with E-state index in [1.165, 1.54) is 12.1 Å². The van der Waals surface area contributed by atoms with Crippen LogP contribution in [0.15, 0.2) is 17.0 Å². The van der Waals surface area contributed by atoms with Crippen molar-refractivity contribution in [3.8, 4) is 0 Å². The first kappa shape index (κ1) is 15.9. The molecule has 18 heavy (non-hydrogen) atoms. The highest BCUT2D eigenvalue weighted by Gasteiger charge is 2.22. The van der Waals surface area contributed by atoms with Crippen molar-refractivity contribution in [3.05, 3.63) is 22.2 Å². The van der Waals surface area contributed by atoms with Crippen molar-refractivity contribution in [3.63, 3.8) is 0 Å². The first-order chi connectivity index (χ1) is 8.29. The molecule has 0 amide bonds. The zero-order chi connectivity index (χ0) is 13.9. The molecule has 0 heterocycles. The summed E-state index contributed by atoms with van der Waals surface area (Å²) in [6, 6.07) is 2.56. The molecule has 0 radical (unpaired) electrons. The number of nitrogen functional groups attached to an aromatic ring is 1. The van der Waals surface area contributed by atoms with E-state index in [1.807, 2.05) is 6.26 Å². The molecule has 0 bridgehead atoms. The van der Waals surface area contributed by atoms with E-state index in [-0.39, 0.29) is 26.7 Å². The molecule has 1 unspecified atom stereocenters. The van der Waals surface area contributed by atoms with E-state index < -0.39 is 10.0 Å². The van der Waals surface area contributed by atoms with Gasteiger partial charge in [-0.05, 0) is 25.3 Å². The fraction of sp³-hybridized carbons (Fsp3) is 0.400. The molecule has 1 rings (SSSR count). The second kappa shape index (κ2) is 6.34. The molecule has 0 aliphatic rings. The van der Waals surface area contributed by atoms with Gasteiger partial charge in [-0.1, -0.05) is 23.2 Å². The number of sulfonamides is 1. The van der Waals surface area contributed by atoms with Gasteiger partial charge in [-0.25, -0.2) is 13.1 Å². The monoisotopic (exact) mass is 328 g/mol. The van der Waals surface area contributed by atoms with Gasteiger partial charge in [-0.2, -0.15) is 11.8 Å². The Morgan fingerprint density at radius 3 is 2.61 bits per heavy atom. The molecule has 0 fully saturated rings. The van der Waals surface area contributed by atoms with E-state index in [0.717, 1.165) is 0 Å². The van der Waals surface area contributed by atoms with Crippen molar-refractivity contribution in [2.24, 2.45) is 0 Å². The third-order valence-corrected chi connectivity index (χ3v) is 5.47. The summed E-state index contributed by atoms with van der Waals surface area (Å²) in [5.74, 6) is 0.667. The summed E-state index contributed by atoms with van der Waals surface area (Å²) in [6.45, 7) is 1.78. The van der Waals surface area contributed by atoms with Crippen molar-refractivity contribution < 1.29 is 8.42 Å². The van der Waals surface area contributed by atoms with E-state index in [2.05, 4.69) is 4.72 Å². The Bertz CT molecular complexity index is 535. The summed E-state index contributed by atoms with van der Waals surface area (Å²) in [7, 11) is -3.69. The van der Waals surface area contributed by atoms with Crippen molar-refractivity contribution in [1.29, 1.82) is 0 Å². The summed E-state index contributed by atoms with van der Waals surface area (Å²) in [5, 5.41) is 0.183. The molecule has 4 nitrogen and oxygen atoms in total. The van der Waals surface area contributed by atoms with Crippen molar-refractivity contribution in [2.75, 3.05) is 17.7 Å². The molecule has 1 aromatic rings. The maximum Gasteiger partial charge on any atom is 0.242 e. The summed E-state index contributed by atoms with van der Waals surface area (Å²) in [4.78, 5) is -0.0565. The molecule has 0 saturated carbocycles. The maximum atomic E-state index is 12.1. The van der Waals surface area contributed by atoms with E-state index in [1.54, 1.807) is 18.7 Å². The lowest BCUT2D eigenvalue weighted by Gasteiger charge is -2.14. The number of thioether (sulfide) groups is 1. The van der Waals surface area contributed by atoms with Gasteiger partial charge in [-0.3, -0.25) is 0 Å². The summed E-state index contributed by atoms with van der Waals surface area (Å²) < 4.78 is 26.7. The second-order valence-electron chi connectivity index (χ2n) is 3.75. The molecular weight excluding hydrogens is 315 g/mol. The zero-order valence-corrected chi connectivity index (χ0v) is 13.1. The van der Waals surface area contributed by atoms with Gasteiger partial charge in [0.1, 0.15) is 4.90 Å². The average Bonchev–Trinajstić information content (AvgIpc) is 2.25. The molecule has 3 N–H and O–H groups in total. The molecular formula is C10H14Cl2N2O2S2. The lowest BCUT2D eigenvalue weighted by molar-refractivity contribution is 0.571. The number of halogens is 2. The maximum absolute atomic E-state index is 12.1. The lowest BCUT2D eigenvalue weighted by Crippen LogP contribution is -2.34. The minimum atomic E-state index is -3.69. The molecule has 8 heteroatoms. The summed E-state index contributed by atoms with van der Waals surface area (Å²) >= 11 is 13.2. The fourth-order valence-corrected chi connectivity index (χ4v) is 4.07. The van der Waals surface area contributed by atoms with Gasteiger partial charge >= 0.3 is 0 Å². The minimum Gasteiger partial charge on any atom is -0.396 e. The van der Waals surface area contributed by atoms with Gasteiger partial charge in [-0.15, -0.1) is 0 Å². The highest BCUT2D eigenvalue weighted by Crippen LogP contribution is 2.33. The van der Waals surface area contributed by atoms with Crippen molar-refractivity contribution in [1.82, 2.24) is 4.72 Å². The van der Waals surface area contributed by atoms with Crippen LogP contribution in [0, 0.1) is 0 Å². The van der Waals surface area contributed by atoms with E-state index in [4.69, 9.17) is 28.9 Å². The van der Waals surface area contributed by atoms with E-state index in [0.29, 0.717) is 5.75 Å². The number of rotatable bonds is 5. The predicted molar refractivity (Wildman–Crippen MR) is 79.0 cm³/mol. The smallest absolute Gasteiger partial charge is 0.242 e. The van der Waals surface area contributed by atoms with Gasteiger partial charge in [0.2, 0.25) is 10.0 Å². The Morgan fingerprint density at radius 2 is 2.06 bits per heavy atom. The first-order valence-electron chi connectivity index (χ1n) is 5.04. The number of benzene rings is 1. The van der Waals surface area contributed by atoms with Crippen LogP contribution in [0.2, 0.25) is 10.0 Å². The van der Waals surface area contributed by atoms with Crippen LogP contribution in [-0.4, -0.2) is 26.5 Å². The third-order valence-electron chi connectivity index (χ3n) is 2.15. The number of nitrogens with one attached hydrogen (secondary N) is 1. The van der Waals surface area contributed by atoms with Gasteiger partial charge in [0.25, 0.3) is 0 Å². The third kappa shape index (κ3) is 3.68. The van der Waals surface area contributed by atoms with Gasteiger partial charge in [0.05, 0.1) is 15.7 Å². The number of hydrogen-bond acceptors (Lipinski definition) is 4. The normalized spacial score (nSPS) is 13.6.